The number of halogens is 1. The highest BCUT2D eigenvalue weighted by Crippen LogP contribution is 2.25. The second-order valence-corrected chi connectivity index (χ2v) is 7.29. The molecule has 0 aliphatic carbocycles. The molecule has 1 unspecified atom stereocenters. The summed E-state index contributed by atoms with van der Waals surface area (Å²) in [5, 5.41) is 5.85. The Balaban J connectivity index is 2.16. The van der Waals surface area contributed by atoms with Crippen molar-refractivity contribution < 1.29 is 0 Å². The van der Waals surface area contributed by atoms with E-state index in [0.29, 0.717) is 6.04 Å². The van der Waals surface area contributed by atoms with E-state index >= 15 is 0 Å². The molecule has 0 amide bonds. The molecule has 0 aliphatic heterocycles. The molecule has 0 spiro atoms. The van der Waals surface area contributed by atoms with E-state index in [2.05, 4.69) is 77.5 Å². The van der Waals surface area contributed by atoms with Crippen LogP contribution in [0.15, 0.2) is 35.7 Å². The maximum Gasteiger partial charge on any atom is 0.0656 e. The molecule has 1 atom stereocenters. The number of hydrogen-bond acceptors (Lipinski definition) is 2. The van der Waals surface area contributed by atoms with Crippen LogP contribution in [0.25, 0.3) is 0 Å². The Bertz CT molecular complexity index is 507. The lowest BCUT2D eigenvalue weighted by atomic mass is 10.00. The second kappa shape index (κ2) is 6.68. The third kappa shape index (κ3) is 3.80. The Morgan fingerprint density at radius 2 is 2.17 bits per heavy atom. The van der Waals surface area contributed by atoms with E-state index in [0.717, 1.165) is 13.0 Å². The summed E-state index contributed by atoms with van der Waals surface area (Å²) in [6.07, 6.45) is 1.06. The number of thiophene rings is 1. The van der Waals surface area contributed by atoms with Crippen molar-refractivity contribution in [1.82, 2.24) is 5.32 Å². The monoisotopic (exact) mass is 371 g/mol. The van der Waals surface area contributed by atoms with Gasteiger partial charge in [-0.05, 0) is 65.1 Å². The highest BCUT2D eigenvalue weighted by molar-refractivity contribution is 14.1. The molecular formula is C15H18INS. The lowest BCUT2D eigenvalue weighted by Gasteiger charge is -2.17. The minimum absolute atomic E-state index is 0.427. The number of rotatable bonds is 5. The third-order valence-electron chi connectivity index (χ3n) is 2.96. The minimum Gasteiger partial charge on any atom is -0.310 e. The SMILES string of the molecule is CCNC(Cc1cccc(C)c1)c1csc(I)c1. The molecule has 1 aromatic carbocycles. The zero-order valence-electron chi connectivity index (χ0n) is 10.7. The fourth-order valence-corrected chi connectivity index (χ4v) is 3.56. The summed E-state index contributed by atoms with van der Waals surface area (Å²) in [4.78, 5) is 0. The molecule has 96 valence electrons. The Morgan fingerprint density at radius 3 is 2.78 bits per heavy atom. The van der Waals surface area contributed by atoms with Gasteiger partial charge in [0.25, 0.3) is 0 Å². The molecule has 1 nitrogen and oxygen atoms in total. The normalized spacial score (nSPS) is 12.6. The fourth-order valence-electron chi connectivity index (χ4n) is 2.14. The minimum atomic E-state index is 0.427. The predicted molar refractivity (Wildman–Crippen MR) is 88.3 cm³/mol. The van der Waals surface area contributed by atoms with Crippen LogP contribution in [0.5, 0.6) is 0 Å². The number of aryl methyl sites for hydroxylation is 1. The standard InChI is InChI=1S/C15H18INS/c1-3-17-14(13-9-15(16)18-10-13)8-12-6-4-5-11(2)7-12/h4-7,9-10,14,17H,3,8H2,1-2H3. The number of nitrogens with one attached hydrogen (secondary N) is 1. The Labute approximate surface area is 127 Å². The van der Waals surface area contributed by atoms with Crippen LogP contribution in [0.4, 0.5) is 0 Å². The van der Waals surface area contributed by atoms with Gasteiger partial charge in [-0.3, -0.25) is 0 Å². The molecule has 0 fully saturated rings. The van der Waals surface area contributed by atoms with E-state index in [1.54, 1.807) is 0 Å². The first kappa shape index (κ1) is 14.0. The van der Waals surface area contributed by atoms with E-state index in [4.69, 9.17) is 0 Å². The summed E-state index contributed by atoms with van der Waals surface area (Å²) >= 11 is 4.21. The van der Waals surface area contributed by atoms with Crippen LogP contribution in [0.1, 0.15) is 29.7 Å². The summed E-state index contributed by atoms with van der Waals surface area (Å²) in [6.45, 7) is 5.32. The van der Waals surface area contributed by atoms with Gasteiger partial charge in [-0.25, -0.2) is 0 Å². The van der Waals surface area contributed by atoms with Gasteiger partial charge < -0.3 is 5.32 Å². The lowest BCUT2D eigenvalue weighted by Crippen LogP contribution is -2.22. The van der Waals surface area contributed by atoms with Crippen molar-refractivity contribution in [3.63, 3.8) is 0 Å². The van der Waals surface area contributed by atoms with E-state index in [1.807, 2.05) is 11.3 Å². The van der Waals surface area contributed by atoms with Crippen molar-refractivity contribution >= 4 is 33.9 Å². The smallest absolute Gasteiger partial charge is 0.0656 e. The molecule has 0 radical (unpaired) electrons. The third-order valence-corrected chi connectivity index (χ3v) is 4.77. The van der Waals surface area contributed by atoms with Crippen LogP contribution in [0.2, 0.25) is 0 Å². The van der Waals surface area contributed by atoms with Gasteiger partial charge in [0.2, 0.25) is 0 Å². The molecule has 2 rings (SSSR count). The quantitative estimate of drug-likeness (QED) is 0.761. The highest BCUT2D eigenvalue weighted by atomic mass is 127. The molecule has 0 bridgehead atoms. The van der Waals surface area contributed by atoms with Crippen LogP contribution in [-0.2, 0) is 6.42 Å². The molecule has 2 aromatic rings. The molecule has 3 heteroatoms. The van der Waals surface area contributed by atoms with Gasteiger partial charge >= 0.3 is 0 Å². The van der Waals surface area contributed by atoms with Gasteiger partial charge in [0.05, 0.1) is 2.88 Å². The van der Waals surface area contributed by atoms with Gasteiger partial charge in [-0.2, -0.15) is 0 Å². The molecule has 18 heavy (non-hydrogen) atoms. The molecule has 0 saturated heterocycles. The van der Waals surface area contributed by atoms with Crippen LogP contribution in [0.3, 0.4) is 0 Å². The number of hydrogen-bond donors (Lipinski definition) is 1. The van der Waals surface area contributed by atoms with Crippen LogP contribution >= 0.6 is 33.9 Å². The summed E-state index contributed by atoms with van der Waals surface area (Å²) in [5.41, 5.74) is 4.15. The van der Waals surface area contributed by atoms with Crippen molar-refractivity contribution in [3.8, 4) is 0 Å². The molecule has 1 N–H and O–H groups in total. The Kier molecular flexibility index (Phi) is 5.21. The Hall–Kier alpha value is -0.390. The molecule has 0 saturated carbocycles. The zero-order valence-corrected chi connectivity index (χ0v) is 13.7. The first-order chi connectivity index (χ1) is 8.69. The molecular weight excluding hydrogens is 353 g/mol. The predicted octanol–water partition coefficient (Wildman–Crippen LogP) is 4.55. The van der Waals surface area contributed by atoms with Gasteiger partial charge in [0, 0.05) is 6.04 Å². The van der Waals surface area contributed by atoms with Gasteiger partial charge in [-0.1, -0.05) is 36.8 Å². The summed E-state index contributed by atoms with van der Waals surface area (Å²) in [5.74, 6) is 0. The summed E-state index contributed by atoms with van der Waals surface area (Å²) in [7, 11) is 0. The van der Waals surface area contributed by atoms with E-state index in [-0.39, 0.29) is 0 Å². The maximum atomic E-state index is 3.58. The fraction of sp³-hybridized carbons (Fsp3) is 0.333. The Morgan fingerprint density at radius 1 is 1.33 bits per heavy atom. The summed E-state index contributed by atoms with van der Waals surface area (Å²) in [6, 6.07) is 11.5. The van der Waals surface area contributed by atoms with Crippen LogP contribution in [0, 0.1) is 9.81 Å². The van der Waals surface area contributed by atoms with E-state index < -0.39 is 0 Å². The average molecular weight is 371 g/mol. The molecule has 1 heterocycles. The van der Waals surface area contributed by atoms with E-state index in [9.17, 15) is 0 Å². The average Bonchev–Trinajstić information content (AvgIpc) is 2.75. The largest absolute Gasteiger partial charge is 0.310 e. The van der Waals surface area contributed by atoms with Gasteiger partial charge in [-0.15, -0.1) is 11.3 Å². The van der Waals surface area contributed by atoms with Crippen molar-refractivity contribution in [2.75, 3.05) is 6.54 Å². The number of benzene rings is 1. The highest BCUT2D eigenvalue weighted by Gasteiger charge is 2.12. The van der Waals surface area contributed by atoms with E-state index in [1.165, 1.54) is 19.6 Å². The zero-order chi connectivity index (χ0) is 13.0. The second-order valence-electron chi connectivity index (χ2n) is 4.49. The van der Waals surface area contributed by atoms with Crippen molar-refractivity contribution in [2.45, 2.75) is 26.3 Å². The van der Waals surface area contributed by atoms with Crippen molar-refractivity contribution in [3.05, 3.63) is 55.3 Å². The molecule has 0 aliphatic rings. The first-order valence-electron chi connectivity index (χ1n) is 6.22. The summed E-state index contributed by atoms with van der Waals surface area (Å²) < 4.78 is 1.36. The number of likely N-dealkylation sites (N-methyl/N-ethyl adjacent to an activating group) is 1. The van der Waals surface area contributed by atoms with Gasteiger partial charge in [0.15, 0.2) is 0 Å². The topological polar surface area (TPSA) is 12.0 Å². The van der Waals surface area contributed by atoms with Crippen molar-refractivity contribution in [2.24, 2.45) is 0 Å². The van der Waals surface area contributed by atoms with Crippen LogP contribution in [-0.4, -0.2) is 6.54 Å². The lowest BCUT2D eigenvalue weighted by molar-refractivity contribution is 0.551. The first-order valence-corrected chi connectivity index (χ1v) is 8.17. The van der Waals surface area contributed by atoms with Gasteiger partial charge in [0.1, 0.15) is 0 Å². The van der Waals surface area contributed by atoms with Crippen LogP contribution < -0.4 is 5.32 Å². The molecule has 1 aromatic heterocycles. The van der Waals surface area contributed by atoms with Crippen molar-refractivity contribution in [1.29, 1.82) is 0 Å². The maximum absolute atomic E-state index is 3.58.